The Morgan fingerprint density at radius 3 is 2.45 bits per heavy atom. The fourth-order valence-corrected chi connectivity index (χ4v) is 3.82. The average Bonchev–Trinajstić information content (AvgIpc) is 3.15. The Morgan fingerprint density at radius 1 is 1.00 bits per heavy atom. The molecule has 4 rings (SSSR count). The number of nitrogens with one attached hydrogen (secondary N) is 1. The molecule has 0 spiro atoms. The van der Waals surface area contributed by atoms with Crippen LogP contribution in [0, 0.1) is 0 Å². The van der Waals surface area contributed by atoms with Gasteiger partial charge in [0.2, 0.25) is 11.7 Å². The lowest BCUT2D eigenvalue weighted by atomic mass is 9.86. The summed E-state index contributed by atoms with van der Waals surface area (Å²) in [5, 5.41) is 7.52. The number of nitrogens with zero attached hydrogens (tertiary/aromatic N) is 2. The lowest BCUT2D eigenvalue weighted by Crippen LogP contribution is -2.25. The van der Waals surface area contributed by atoms with Crippen molar-refractivity contribution in [2.24, 2.45) is 0 Å². The van der Waals surface area contributed by atoms with E-state index in [0.717, 1.165) is 16.7 Å². The minimum atomic E-state index is -0.196. The summed E-state index contributed by atoms with van der Waals surface area (Å²) in [6, 6.07) is 13.8. The van der Waals surface area contributed by atoms with E-state index in [4.69, 9.17) is 14.2 Å². The van der Waals surface area contributed by atoms with Gasteiger partial charge >= 0.3 is 0 Å². The van der Waals surface area contributed by atoms with E-state index in [-0.39, 0.29) is 11.8 Å². The first-order valence-corrected chi connectivity index (χ1v) is 9.34. The summed E-state index contributed by atoms with van der Waals surface area (Å²) < 4.78 is 18.4. The SMILES string of the molecule is COc1ccc([C@@H]2CC(=O)Nc3c2cnn3Cc2ccccc2)c(OC)c1OC. The first-order chi connectivity index (χ1) is 14.2. The van der Waals surface area contributed by atoms with Crippen LogP contribution in [0.1, 0.15) is 29.0 Å². The van der Waals surface area contributed by atoms with Gasteiger partial charge in [0.15, 0.2) is 11.5 Å². The van der Waals surface area contributed by atoms with Crippen LogP contribution in [0.4, 0.5) is 5.82 Å². The zero-order chi connectivity index (χ0) is 20.4. The molecule has 0 bridgehead atoms. The maximum absolute atomic E-state index is 12.5. The third kappa shape index (κ3) is 3.40. The predicted molar refractivity (Wildman–Crippen MR) is 109 cm³/mol. The Bertz CT molecular complexity index is 1030. The molecular weight excluding hydrogens is 370 g/mol. The number of carbonyl (C=O) groups is 1. The smallest absolute Gasteiger partial charge is 0.226 e. The number of rotatable bonds is 6. The molecule has 2 heterocycles. The second-order valence-corrected chi connectivity index (χ2v) is 6.82. The molecule has 1 atom stereocenters. The Kier molecular flexibility index (Phi) is 5.12. The van der Waals surface area contributed by atoms with Crippen LogP contribution in [0.25, 0.3) is 0 Å². The third-order valence-electron chi connectivity index (χ3n) is 5.18. The van der Waals surface area contributed by atoms with Crippen LogP contribution in [0.3, 0.4) is 0 Å². The van der Waals surface area contributed by atoms with Crippen LogP contribution in [0.2, 0.25) is 0 Å². The number of methoxy groups -OCH3 is 3. The molecular formula is C22H23N3O4. The molecule has 1 aliphatic heterocycles. The molecule has 0 saturated carbocycles. The van der Waals surface area contributed by atoms with E-state index in [2.05, 4.69) is 10.4 Å². The first kappa shape index (κ1) is 18.9. The van der Waals surface area contributed by atoms with Crippen molar-refractivity contribution < 1.29 is 19.0 Å². The van der Waals surface area contributed by atoms with Gasteiger partial charge in [-0.25, -0.2) is 4.68 Å². The topological polar surface area (TPSA) is 74.6 Å². The Morgan fingerprint density at radius 2 is 1.76 bits per heavy atom. The van der Waals surface area contributed by atoms with Gasteiger partial charge in [-0.1, -0.05) is 36.4 Å². The number of carbonyl (C=O) groups excluding carboxylic acids is 1. The molecule has 7 heteroatoms. The zero-order valence-electron chi connectivity index (χ0n) is 16.6. The van der Waals surface area contributed by atoms with Crippen molar-refractivity contribution in [2.75, 3.05) is 26.6 Å². The van der Waals surface area contributed by atoms with Gasteiger partial charge in [-0.3, -0.25) is 4.79 Å². The zero-order valence-corrected chi connectivity index (χ0v) is 16.6. The Labute approximate surface area is 169 Å². The third-order valence-corrected chi connectivity index (χ3v) is 5.18. The van der Waals surface area contributed by atoms with Crippen LogP contribution in [0.5, 0.6) is 17.2 Å². The standard InChI is InChI=1S/C22H23N3O4/c1-27-18-10-9-15(20(28-2)21(18)29-3)16-11-19(26)24-22-17(16)12-23-25(22)13-14-7-5-4-6-8-14/h4-10,12,16H,11,13H2,1-3H3,(H,24,26)/t16-/m0/s1. The number of anilines is 1. The number of amides is 1. The highest BCUT2D eigenvalue weighted by Gasteiger charge is 2.33. The minimum Gasteiger partial charge on any atom is -0.493 e. The maximum Gasteiger partial charge on any atom is 0.226 e. The first-order valence-electron chi connectivity index (χ1n) is 9.34. The van der Waals surface area contributed by atoms with Crippen molar-refractivity contribution in [1.29, 1.82) is 0 Å². The monoisotopic (exact) mass is 393 g/mol. The van der Waals surface area contributed by atoms with Gasteiger partial charge < -0.3 is 19.5 Å². The molecule has 0 saturated heterocycles. The number of hydrogen-bond donors (Lipinski definition) is 1. The quantitative estimate of drug-likeness (QED) is 0.695. The molecule has 1 aliphatic rings. The molecule has 0 aliphatic carbocycles. The molecule has 29 heavy (non-hydrogen) atoms. The summed E-state index contributed by atoms with van der Waals surface area (Å²) in [6.45, 7) is 0.576. The van der Waals surface area contributed by atoms with Crippen molar-refractivity contribution in [3.8, 4) is 17.2 Å². The van der Waals surface area contributed by atoms with Crippen LogP contribution in [-0.2, 0) is 11.3 Å². The Hall–Kier alpha value is -3.48. The highest BCUT2D eigenvalue weighted by atomic mass is 16.5. The predicted octanol–water partition coefficient (Wildman–Crippen LogP) is 3.43. The molecule has 150 valence electrons. The highest BCUT2D eigenvalue weighted by Crippen LogP contribution is 2.47. The van der Waals surface area contributed by atoms with Gasteiger partial charge in [0.25, 0.3) is 0 Å². The van der Waals surface area contributed by atoms with Gasteiger partial charge in [-0.2, -0.15) is 5.10 Å². The van der Waals surface area contributed by atoms with E-state index in [1.807, 2.05) is 53.3 Å². The Balaban J connectivity index is 1.78. The molecule has 0 unspecified atom stereocenters. The van der Waals surface area contributed by atoms with E-state index in [0.29, 0.717) is 36.0 Å². The second-order valence-electron chi connectivity index (χ2n) is 6.82. The molecule has 0 radical (unpaired) electrons. The van der Waals surface area contributed by atoms with E-state index in [9.17, 15) is 4.79 Å². The minimum absolute atomic E-state index is 0.0610. The number of aromatic nitrogens is 2. The lowest BCUT2D eigenvalue weighted by molar-refractivity contribution is -0.116. The summed E-state index contributed by atoms with van der Waals surface area (Å²) in [7, 11) is 4.74. The van der Waals surface area contributed by atoms with Crippen molar-refractivity contribution >= 4 is 11.7 Å². The molecule has 2 aromatic carbocycles. The van der Waals surface area contributed by atoms with Gasteiger partial charge in [0, 0.05) is 23.5 Å². The van der Waals surface area contributed by atoms with Crippen LogP contribution in [-0.4, -0.2) is 37.0 Å². The summed E-state index contributed by atoms with van der Waals surface area (Å²) in [5.41, 5.74) is 2.92. The van der Waals surface area contributed by atoms with Crippen molar-refractivity contribution in [2.45, 2.75) is 18.9 Å². The van der Waals surface area contributed by atoms with Crippen molar-refractivity contribution in [3.05, 3.63) is 65.4 Å². The van der Waals surface area contributed by atoms with Crippen LogP contribution < -0.4 is 19.5 Å². The summed E-state index contributed by atoms with van der Waals surface area (Å²) >= 11 is 0. The fraction of sp³-hybridized carbons (Fsp3) is 0.273. The molecule has 1 N–H and O–H groups in total. The van der Waals surface area contributed by atoms with E-state index in [1.165, 1.54) is 0 Å². The van der Waals surface area contributed by atoms with Crippen LogP contribution in [0.15, 0.2) is 48.7 Å². The molecule has 3 aromatic rings. The van der Waals surface area contributed by atoms with Gasteiger partial charge in [-0.05, 0) is 11.6 Å². The molecule has 1 amide bonds. The second kappa shape index (κ2) is 7.87. The normalized spacial score (nSPS) is 15.4. The van der Waals surface area contributed by atoms with Gasteiger partial charge in [0.1, 0.15) is 5.82 Å². The van der Waals surface area contributed by atoms with Crippen LogP contribution >= 0.6 is 0 Å². The molecule has 7 nitrogen and oxygen atoms in total. The van der Waals surface area contributed by atoms with Crippen molar-refractivity contribution in [1.82, 2.24) is 9.78 Å². The number of benzene rings is 2. The highest BCUT2D eigenvalue weighted by molar-refractivity contribution is 5.94. The molecule has 0 fully saturated rings. The van der Waals surface area contributed by atoms with E-state index >= 15 is 0 Å². The summed E-state index contributed by atoms with van der Waals surface area (Å²) in [4.78, 5) is 12.5. The van der Waals surface area contributed by atoms with E-state index < -0.39 is 0 Å². The van der Waals surface area contributed by atoms with Crippen molar-refractivity contribution in [3.63, 3.8) is 0 Å². The van der Waals surface area contributed by atoms with Gasteiger partial charge in [0.05, 0.1) is 34.1 Å². The summed E-state index contributed by atoms with van der Waals surface area (Å²) in [5.74, 6) is 2.11. The molecule has 1 aromatic heterocycles. The maximum atomic E-state index is 12.5. The number of fused-ring (bicyclic) bond motifs is 1. The average molecular weight is 393 g/mol. The summed E-state index contributed by atoms with van der Waals surface area (Å²) in [6.07, 6.45) is 2.12. The largest absolute Gasteiger partial charge is 0.493 e. The van der Waals surface area contributed by atoms with Gasteiger partial charge in [-0.15, -0.1) is 0 Å². The number of hydrogen-bond acceptors (Lipinski definition) is 5. The van der Waals surface area contributed by atoms with E-state index in [1.54, 1.807) is 21.3 Å². The number of ether oxygens (including phenoxy) is 3. The fourth-order valence-electron chi connectivity index (χ4n) is 3.82. The lowest BCUT2D eigenvalue weighted by Gasteiger charge is -2.26.